The van der Waals surface area contributed by atoms with Crippen molar-refractivity contribution in [1.29, 1.82) is 0 Å². The van der Waals surface area contributed by atoms with Gasteiger partial charge in [0, 0.05) is 12.8 Å². The van der Waals surface area contributed by atoms with Crippen molar-refractivity contribution in [3.8, 4) is 0 Å². The highest BCUT2D eigenvalue weighted by Gasteiger charge is 2.83. The molecule has 0 saturated heterocycles. The average molecular weight is 630 g/mol. The lowest BCUT2D eigenvalue weighted by Gasteiger charge is -2.35. The van der Waals surface area contributed by atoms with Crippen LogP contribution in [0.15, 0.2) is 12.1 Å². The lowest BCUT2D eigenvalue weighted by molar-refractivity contribution is -0.396. The minimum atomic E-state index is -7.68. The van der Waals surface area contributed by atoms with Crippen molar-refractivity contribution in [3.63, 3.8) is 0 Å². The number of aromatic carboxylic acids is 2. The third-order valence-electron chi connectivity index (χ3n) is 5.11. The Morgan fingerprint density at radius 2 is 0.700 bits per heavy atom. The Hall–Kier alpha value is -3.10. The third-order valence-corrected chi connectivity index (χ3v) is 5.11. The molecule has 0 spiro atoms. The SMILES string of the molecule is O=C(O)c1ccc(C(=O)O)c(CC(F)(F)C(F)(F)C(F)(F)C(F)(F)F)c1CC(F)(F)C(F)(F)C(F)(F)C(F)(F)F. The summed E-state index contributed by atoms with van der Waals surface area (Å²) in [6.07, 6.45) is -22.1. The maximum atomic E-state index is 14.2. The summed E-state index contributed by atoms with van der Waals surface area (Å²) >= 11 is 0. The van der Waals surface area contributed by atoms with Gasteiger partial charge in [0.25, 0.3) is 0 Å². The highest BCUT2D eigenvalue weighted by atomic mass is 19.4. The summed E-state index contributed by atoms with van der Waals surface area (Å²) in [5.74, 6) is -49.9. The van der Waals surface area contributed by atoms with Crippen molar-refractivity contribution in [2.75, 3.05) is 0 Å². The quantitative estimate of drug-likeness (QED) is 0.271. The molecule has 230 valence electrons. The summed E-state index contributed by atoms with van der Waals surface area (Å²) in [7, 11) is 0. The molecule has 0 aliphatic carbocycles. The number of carbonyl (C=O) groups is 2. The van der Waals surface area contributed by atoms with Gasteiger partial charge >= 0.3 is 59.8 Å². The minimum absolute atomic E-state index is 0.249. The van der Waals surface area contributed by atoms with Crippen molar-refractivity contribution < 1.29 is 98.8 Å². The summed E-state index contributed by atoms with van der Waals surface area (Å²) < 4.78 is 238. The molecule has 0 unspecified atom stereocenters. The largest absolute Gasteiger partial charge is 0.478 e. The second kappa shape index (κ2) is 9.77. The first-order valence-electron chi connectivity index (χ1n) is 9.33. The zero-order chi connectivity index (χ0) is 32.3. The van der Waals surface area contributed by atoms with Crippen LogP contribution in [0.4, 0.5) is 79.0 Å². The molecule has 0 bridgehead atoms. The molecule has 2 N–H and O–H groups in total. The van der Waals surface area contributed by atoms with E-state index >= 15 is 0 Å². The Kier molecular flexibility index (Phi) is 8.53. The first-order valence-corrected chi connectivity index (χ1v) is 9.33. The maximum absolute atomic E-state index is 14.2. The third kappa shape index (κ3) is 5.44. The molecule has 0 aliphatic rings. The van der Waals surface area contributed by atoms with Crippen LogP contribution < -0.4 is 0 Å². The van der Waals surface area contributed by atoms with E-state index in [0.29, 0.717) is 0 Å². The van der Waals surface area contributed by atoms with E-state index in [1.165, 1.54) is 0 Å². The normalized spacial score (nSPS) is 14.8. The lowest BCUT2D eigenvalue weighted by Crippen LogP contribution is -2.62. The van der Waals surface area contributed by atoms with Gasteiger partial charge in [0.1, 0.15) is 0 Å². The zero-order valence-electron chi connectivity index (χ0n) is 18.1. The van der Waals surface area contributed by atoms with Gasteiger partial charge in [-0.2, -0.15) is 79.0 Å². The number of hydrogen-bond acceptors (Lipinski definition) is 2. The van der Waals surface area contributed by atoms with Crippen LogP contribution in [-0.4, -0.2) is 70.0 Å². The zero-order valence-corrected chi connectivity index (χ0v) is 18.1. The molecule has 4 nitrogen and oxygen atoms in total. The predicted molar refractivity (Wildman–Crippen MR) is 89.6 cm³/mol. The van der Waals surface area contributed by atoms with E-state index in [0.717, 1.165) is 0 Å². The number of rotatable bonds is 10. The molecule has 0 saturated carbocycles. The van der Waals surface area contributed by atoms with Crippen LogP contribution in [0.3, 0.4) is 0 Å². The summed E-state index contributed by atoms with van der Waals surface area (Å²) in [6, 6.07) is -0.497. The van der Waals surface area contributed by atoms with Gasteiger partial charge in [0.2, 0.25) is 0 Å². The number of benzene rings is 1. The summed E-state index contributed by atoms with van der Waals surface area (Å²) in [5, 5.41) is 18.0. The van der Waals surface area contributed by atoms with Gasteiger partial charge in [0.05, 0.1) is 11.1 Å². The second-order valence-corrected chi connectivity index (χ2v) is 7.78. The molecule has 0 radical (unpaired) electrons. The van der Waals surface area contributed by atoms with E-state index in [9.17, 15) is 88.6 Å². The van der Waals surface area contributed by atoms with Crippen molar-refractivity contribution in [3.05, 3.63) is 34.4 Å². The molecule has 1 aromatic carbocycles. The van der Waals surface area contributed by atoms with E-state index < -0.39 is 94.9 Å². The van der Waals surface area contributed by atoms with Gasteiger partial charge in [-0.15, -0.1) is 0 Å². The van der Waals surface area contributed by atoms with Crippen LogP contribution in [0.5, 0.6) is 0 Å². The summed E-state index contributed by atoms with van der Waals surface area (Å²) in [4.78, 5) is 22.6. The minimum Gasteiger partial charge on any atom is -0.478 e. The number of hydrogen-bond donors (Lipinski definition) is 2. The van der Waals surface area contributed by atoms with E-state index in [1.54, 1.807) is 0 Å². The molecule has 0 fully saturated rings. The standard InChI is InChI=1S/C18H8F18O4/c19-11(20,13(23,24)15(27,28)17(31,32)33)3-7-5(9(37)38)1-2-6(10(39)40)8(7)4-12(21,22)14(25,26)16(29,30)18(34,35)36/h1-2H,3-4H2,(H,37,38)(H,39,40). The Bertz CT molecular complexity index is 1060. The fourth-order valence-electron chi connectivity index (χ4n) is 2.98. The maximum Gasteiger partial charge on any atom is 0.460 e. The Morgan fingerprint density at radius 3 is 0.875 bits per heavy atom. The fraction of sp³-hybridized carbons (Fsp3) is 0.556. The first kappa shape index (κ1) is 34.9. The van der Waals surface area contributed by atoms with Crippen LogP contribution in [0.1, 0.15) is 31.8 Å². The fourth-order valence-corrected chi connectivity index (χ4v) is 2.98. The molecular weight excluding hydrogens is 622 g/mol. The highest BCUT2D eigenvalue weighted by Crippen LogP contribution is 2.56. The molecule has 22 heteroatoms. The predicted octanol–water partition coefficient (Wildman–Crippen LogP) is 7.10. The summed E-state index contributed by atoms with van der Waals surface area (Å²) in [5.41, 5.74) is -9.46. The smallest absolute Gasteiger partial charge is 0.460 e. The van der Waals surface area contributed by atoms with Gasteiger partial charge in [-0.1, -0.05) is 0 Å². The van der Waals surface area contributed by atoms with Gasteiger partial charge in [-0.05, 0) is 23.3 Å². The first-order chi connectivity index (χ1) is 17.3. The molecule has 0 heterocycles. The molecular formula is C18H8F18O4. The molecule has 0 aromatic heterocycles. The molecule has 0 amide bonds. The molecule has 1 rings (SSSR count). The Balaban J connectivity index is 4.05. The monoisotopic (exact) mass is 630 g/mol. The lowest BCUT2D eigenvalue weighted by atomic mass is 9.84. The molecule has 0 aliphatic heterocycles. The summed E-state index contributed by atoms with van der Waals surface area (Å²) in [6.45, 7) is 0. The molecule has 1 aromatic rings. The van der Waals surface area contributed by atoms with Crippen molar-refractivity contribution in [1.82, 2.24) is 0 Å². The van der Waals surface area contributed by atoms with Crippen LogP contribution in [0.2, 0.25) is 0 Å². The topological polar surface area (TPSA) is 74.6 Å². The van der Waals surface area contributed by atoms with Crippen molar-refractivity contribution >= 4 is 11.9 Å². The van der Waals surface area contributed by atoms with E-state index in [1.807, 2.05) is 0 Å². The average Bonchev–Trinajstić information content (AvgIpc) is 2.71. The van der Waals surface area contributed by atoms with Crippen LogP contribution in [0.25, 0.3) is 0 Å². The van der Waals surface area contributed by atoms with Crippen molar-refractivity contribution in [2.24, 2.45) is 0 Å². The number of carboxylic acids is 2. The van der Waals surface area contributed by atoms with Crippen LogP contribution in [0, 0.1) is 0 Å². The van der Waals surface area contributed by atoms with Gasteiger partial charge in [0.15, 0.2) is 0 Å². The Labute approximate surface area is 207 Å². The van der Waals surface area contributed by atoms with E-state index in [4.69, 9.17) is 10.2 Å². The van der Waals surface area contributed by atoms with Crippen LogP contribution in [-0.2, 0) is 12.8 Å². The second-order valence-electron chi connectivity index (χ2n) is 7.78. The Morgan fingerprint density at radius 1 is 0.475 bits per heavy atom. The number of halogens is 18. The number of carboxylic acid groups (broad SMARTS) is 2. The van der Waals surface area contributed by atoms with Crippen molar-refractivity contribution in [2.45, 2.75) is 60.7 Å². The highest BCUT2D eigenvalue weighted by molar-refractivity contribution is 5.95. The molecule has 40 heavy (non-hydrogen) atoms. The van der Waals surface area contributed by atoms with E-state index in [-0.39, 0.29) is 12.1 Å². The van der Waals surface area contributed by atoms with Crippen LogP contribution >= 0.6 is 0 Å². The number of alkyl halides is 18. The van der Waals surface area contributed by atoms with E-state index in [2.05, 4.69) is 0 Å². The molecule has 0 atom stereocenters. The van der Waals surface area contributed by atoms with Gasteiger partial charge in [-0.3, -0.25) is 0 Å². The van der Waals surface area contributed by atoms with Gasteiger partial charge < -0.3 is 10.2 Å². The van der Waals surface area contributed by atoms with Gasteiger partial charge in [-0.25, -0.2) is 9.59 Å².